The molecule has 1 fully saturated rings. The van der Waals surface area contributed by atoms with Crippen molar-refractivity contribution in [3.05, 3.63) is 28.3 Å². The third-order valence-electron chi connectivity index (χ3n) is 2.77. The molecule has 1 aromatic carbocycles. The van der Waals surface area contributed by atoms with Crippen LogP contribution >= 0.6 is 0 Å². The second-order valence-electron chi connectivity index (χ2n) is 4.05. The summed E-state index contributed by atoms with van der Waals surface area (Å²) in [6, 6.07) is 5.17. The number of benzene rings is 1. The van der Waals surface area contributed by atoms with Gasteiger partial charge in [0.25, 0.3) is 0 Å². The molecule has 1 heterocycles. The van der Waals surface area contributed by atoms with Gasteiger partial charge < -0.3 is 14.8 Å². The lowest BCUT2D eigenvalue weighted by Crippen LogP contribution is -2.19. The van der Waals surface area contributed by atoms with Crippen LogP contribution in [0.25, 0.3) is 0 Å². The van der Waals surface area contributed by atoms with Gasteiger partial charge in [-0.2, -0.15) is 0 Å². The summed E-state index contributed by atoms with van der Waals surface area (Å²) < 4.78 is 10.5. The quantitative estimate of drug-likeness (QED) is 0.642. The lowest BCUT2D eigenvalue weighted by molar-refractivity contribution is -0.385. The highest BCUT2D eigenvalue weighted by atomic mass is 16.6. The van der Waals surface area contributed by atoms with E-state index in [0.717, 1.165) is 6.42 Å². The average molecular weight is 252 g/mol. The molecule has 0 radical (unpaired) electrons. The highest BCUT2D eigenvalue weighted by molar-refractivity contribution is 5.68. The number of rotatable bonds is 5. The summed E-state index contributed by atoms with van der Waals surface area (Å²) in [7, 11) is 0. The second-order valence-corrected chi connectivity index (χ2v) is 4.05. The fraction of sp³-hybridized carbons (Fsp3) is 0.500. The summed E-state index contributed by atoms with van der Waals surface area (Å²) in [5, 5.41) is 14.3. The molecule has 1 aromatic rings. The van der Waals surface area contributed by atoms with E-state index in [0.29, 0.717) is 31.3 Å². The molecule has 0 bridgehead atoms. The number of nitrogens with zero attached hydrogens (tertiary/aromatic N) is 1. The van der Waals surface area contributed by atoms with Crippen LogP contribution in [-0.4, -0.2) is 30.8 Å². The Morgan fingerprint density at radius 1 is 1.61 bits per heavy atom. The van der Waals surface area contributed by atoms with Gasteiger partial charge in [-0.05, 0) is 25.5 Å². The molecular formula is C12H16N2O4. The zero-order valence-electron chi connectivity index (χ0n) is 10.2. The Hall–Kier alpha value is -1.82. The van der Waals surface area contributed by atoms with Crippen molar-refractivity contribution in [2.75, 3.05) is 25.1 Å². The maximum Gasteiger partial charge on any atom is 0.333 e. The van der Waals surface area contributed by atoms with Crippen LogP contribution in [-0.2, 0) is 4.74 Å². The van der Waals surface area contributed by atoms with Crippen molar-refractivity contribution in [1.82, 2.24) is 0 Å². The Balaban J connectivity index is 2.26. The van der Waals surface area contributed by atoms with Gasteiger partial charge in [-0.3, -0.25) is 10.1 Å². The van der Waals surface area contributed by atoms with Gasteiger partial charge in [0, 0.05) is 6.61 Å². The zero-order chi connectivity index (χ0) is 13.0. The summed E-state index contributed by atoms with van der Waals surface area (Å²) in [6.07, 6.45) is 0.857. The van der Waals surface area contributed by atoms with E-state index in [1.165, 1.54) is 0 Å². The molecular weight excluding hydrogens is 236 g/mol. The van der Waals surface area contributed by atoms with Gasteiger partial charge in [-0.15, -0.1) is 0 Å². The first-order valence-electron chi connectivity index (χ1n) is 5.97. The van der Waals surface area contributed by atoms with E-state index < -0.39 is 4.92 Å². The van der Waals surface area contributed by atoms with Crippen LogP contribution in [0.15, 0.2) is 18.2 Å². The molecule has 98 valence electrons. The Bertz CT molecular complexity index is 430. The third kappa shape index (κ3) is 2.70. The standard InChI is InChI=1S/C12H16N2O4/c1-2-18-11-5-3-4-10(12(11)14(15)16)13-9-6-7-17-8-9/h3-5,9,13H,2,6-8H2,1H3. The first kappa shape index (κ1) is 12.6. The third-order valence-corrected chi connectivity index (χ3v) is 2.77. The van der Waals surface area contributed by atoms with Gasteiger partial charge in [0.1, 0.15) is 5.69 Å². The van der Waals surface area contributed by atoms with Gasteiger partial charge in [-0.25, -0.2) is 0 Å². The topological polar surface area (TPSA) is 73.6 Å². The molecule has 1 unspecified atom stereocenters. The first-order chi connectivity index (χ1) is 8.72. The lowest BCUT2D eigenvalue weighted by atomic mass is 10.2. The summed E-state index contributed by atoms with van der Waals surface area (Å²) in [4.78, 5) is 10.7. The Kier molecular flexibility index (Phi) is 3.99. The van der Waals surface area contributed by atoms with Gasteiger partial charge in [0.05, 0.1) is 24.2 Å². The minimum atomic E-state index is -0.414. The molecule has 1 N–H and O–H groups in total. The van der Waals surface area contributed by atoms with E-state index >= 15 is 0 Å². The van der Waals surface area contributed by atoms with Crippen LogP contribution in [0.1, 0.15) is 13.3 Å². The minimum absolute atomic E-state index is 0.00810. The molecule has 0 saturated carbocycles. The monoisotopic (exact) mass is 252 g/mol. The maximum atomic E-state index is 11.1. The molecule has 6 nitrogen and oxygen atoms in total. The predicted molar refractivity (Wildman–Crippen MR) is 67.1 cm³/mol. The molecule has 1 aliphatic heterocycles. The van der Waals surface area contributed by atoms with Crippen molar-refractivity contribution >= 4 is 11.4 Å². The number of hydrogen-bond acceptors (Lipinski definition) is 5. The molecule has 1 aliphatic rings. The van der Waals surface area contributed by atoms with Crippen molar-refractivity contribution in [3.8, 4) is 5.75 Å². The van der Waals surface area contributed by atoms with Crippen molar-refractivity contribution in [2.45, 2.75) is 19.4 Å². The van der Waals surface area contributed by atoms with E-state index in [4.69, 9.17) is 9.47 Å². The average Bonchev–Trinajstić information content (AvgIpc) is 2.82. The largest absolute Gasteiger partial charge is 0.487 e. The van der Waals surface area contributed by atoms with E-state index in [-0.39, 0.29) is 11.7 Å². The SMILES string of the molecule is CCOc1cccc(NC2CCOC2)c1[N+](=O)[O-]. The molecule has 6 heteroatoms. The fourth-order valence-corrected chi connectivity index (χ4v) is 1.97. The number of ether oxygens (including phenoxy) is 2. The van der Waals surface area contributed by atoms with Gasteiger partial charge in [-0.1, -0.05) is 6.07 Å². The molecule has 0 amide bonds. The fourth-order valence-electron chi connectivity index (χ4n) is 1.97. The first-order valence-corrected chi connectivity index (χ1v) is 5.97. The number of anilines is 1. The van der Waals surface area contributed by atoms with Gasteiger partial charge in [0.2, 0.25) is 0 Å². The lowest BCUT2D eigenvalue weighted by Gasteiger charge is -2.14. The molecule has 1 saturated heterocycles. The van der Waals surface area contributed by atoms with Crippen molar-refractivity contribution < 1.29 is 14.4 Å². The highest BCUT2D eigenvalue weighted by Gasteiger charge is 2.24. The number of nitro groups is 1. The molecule has 0 aliphatic carbocycles. The Morgan fingerprint density at radius 3 is 3.06 bits per heavy atom. The van der Waals surface area contributed by atoms with Crippen LogP contribution in [0.5, 0.6) is 5.75 Å². The molecule has 0 aromatic heterocycles. The van der Waals surface area contributed by atoms with E-state index in [2.05, 4.69) is 5.32 Å². The summed E-state index contributed by atoms with van der Waals surface area (Å²) in [5.74, 6) is 0.298. The van der Waals surface area contributed by atoms with E-state index in [1.807, 2.05) is 0 Å². The van der Waals surface area contributed by atoms with E-state index in [1.54, 1.807) is 25.1 Å². The van der Waals surface area contributed by atoms with Crippen molar-refractivity contribution in [2.24, 2.45) is 0 Å². The number of nitro benzene ring substituents is 1. The summed E-state index contributed by atoms with van der Waals surface area (Å²) in [5.41, 5.74) is 0.479. The van der Waals surface area contributed by atoms with Crippen molar-refractivity contribution in [3.63, 3.8) is 0 Å². The second kappa shape index (κ2) is 5.68. The van der Waals surface area contributed by atoms with E-state index in [9.17, 15) is 10.1 Å². The predicted octanol–water partition coefficient (Wildman–Crippen LogP) is 2.19. The summed E-state index contributed by atoms with van der Waals surface area (Å²) >= 11 is 0. The van der Waals surface area contributed by atoms with Gasteiger partial charge in [0.15, 0.2) is 5.75 Å². The van der Waals surface area contributed by atoms with Crippen LogP contribution in [0, 0.1) is 10.1 Å². The van der Waals surface area contributed by atoms with Crippen LogP contribution in [0.3, 0.4) is 0 Å². The smallest absolute Gasteiger partial charge is 0.333 e. The Morgan fingerprint density at radius 2 is 2.44 bits per heavy atom. The molecule has 1 atom stereocenters. The number of para-hydroxylation sites is 1. The highest BCUT2D eigenvalue weighted by Crippen LogP contribution is 2.35. The van der Waals surface area contributed by atoms with Crippen LogP contribution in [0.2, 0.25) is 0 Å². The molecule has 0 spiro atoms. The van der Waals surface area contributed by atoms with Gasteiger partial charge >= 0.3 is 5.69 Å². The summed E-state index contributed by atoms with van der Waals surface area (Å²) in [6.45, 7) is 3.47. The molecule has 18 heavy (non-hydrogen) atoms. The maximum absolute atomic E-state index is 11.1. The number of nitrogens with one attached hydrogen (secondary N) is 1. The zero-order valence-corrected chi connectivity index (χ0v) is 10.2. The Labute approximate surface area is 105 Å². The van der Waals surface area contributed by atoms with Crippen LogP contribution < -0.4 is 10.1 Å². The molecule has 2 rings (SSSR count). The minimum Gasteiger partial charge on any atom is -0.487 e. The van der Waals surface area contributed by atoms with Crippen molar-refractivity contribution in [1.29, 1.82) is 0 Å². The number of hydrogen-bond donors (Lipinski definition) is 1. The van der Waals surface area contributed by atoms with Crippen LogP contribution in [0.4, 0.5) is 11.4 Å². The normalized spacial score (nSPS) is 18.6.